The summed E-state index contributed by atoms with van der Waals surface area (Å²) in [6.07, 6.45) is 3.68. The summed E-state index contributed by atoms with van der Waals surface area (Å²) in [6, 6.07) is 17.1. The van der Waals surface area contributed by atoms with E-state index in [-0.39, 0.29) is 12.0 Å². The van der Waals surface area contributed by atoms with Crippen molar-refractivity contribution in [2.75, 3.05) is 18.5 Å². The molecule has 5 nitrogen and oxygen atoms in total. The van der Waals surface area contributed by atoms with Gasteiger partial charge in [-0.1, -0.05) is 39.5 Å². The molecule has 2 unspecified atom stereocenters. The molecule has 0 bridgehead atoms. The van der Waals surface area contributed by atoms with Crippen molar-refractivity contribution in [1.29, 1.82) is 5.26 Å². The Kier molecular flexibility index (Phi) is 12.4. The smallest absolute Gasteiger partial charge is 0.247 e. The minimum Gasteiger partial charge on any atom is -0.491 e. The number of carbonyl (C=O) groups excluding carboxylic acids is 1. The van der Waals surface area contributed by atoms with Crippen molar-refractivity contribution in [2.45, 2.75) is 52.6 Å². The lowest BCUT2D eigenvalue weighted by Gasteiger charge is -2.11. The zero-order chi connectivity index (χ0) is 23.1. The van der Waals surface area contributed by atoms with Gasteiger partial charge in [-0.25, -0.2) is 0 Å². The number of anilines is 1. The van der Waals surface area contributed by atoms with E-state index in [9.17, 15) is 4.79 Å². The van der Waals surface area contributed by atoms with Gasteiger partial charge in [0.15, 0.2) is 0 Å². The summed E-state index contributed by atoms with van der Waals surface area (Å²) >= 11 is 0. The SMILES string of the molecule is C=CC(=O)Nc1ccc(C(C)CC)cc1.CCC(C)OCCOc1ccc(C#N)cc1. The lowest BCUT2D eigenvalue weighted by atomic mass is 9.99. The van der Waals surface area contributed by atoms with Crippen LogP contribution in [-0.4, -0.2) is 25.2 Å². The van der Waals surface area contributed by atoms with E-state index in [0.717, 1.165) is 24.3 Å². The Morgan fingerprint density at radius 3 is 2.23 bits per heavy atom. The van der Waals surface area contributed by atoms with Gasteiger partial charge >= 0.3 is 0 Å². The molecule has 2 atom stereocenters. The fourth-order valence-corrected chi connectivity index (χ4v) is 2.48. The lowest BCUT2D eigenvalue weighted by Crippen LogP contribution is -2.13. The van der Waals surface area contributed by atoms with Crippen LogP contribution in [0.1, 0.15) is 57.6 Å². The van der Waals surface area contributed by atoms with Crippen molar-refractivity contribution in [3.8, 4) is 11.8 Å². The molecule has 2 aromatic carbocycles. The van der Waals surface area contributed by atoms with E-state index in [1.54, 1.807) is 24.3 Å². The van der Waals surface area contributed by atoms with Crippen LogP contribution in [0.2, 0.25) is 0 Å². The summed E-state index contributed by atoms with van der Waals surface area (Å²) in [5.41, 5.74) is 2.75. The molecule has 0 aliphatic heterocycles. The number of hydrogen-bond donors (Lipinski definition) is 1. The van der Waals surface area contributed by atoms with Gasteiger partial charge < -0.3 is 14.8 Å². The second kappa shape index (κ2) is 14.8. The molecule has 0 aromatic heterocycles. The molecule has 0 saturated carbocycles. The average Bonchev–Trinajstić information content (AvgIpc) is 2.82. The number of benzene rings is 2. The highest BCUT2D eigenvalue weighted by atomic mass is 16.5. The van der Waals surface area contributed by atoms with E-state index in [2.05, 4.69) is 38.7 Å². The second-order valence-corrected chi connectivity index (χ2v) is 7.20. The predicted molar refractivity (Wildman–Crippen MR) is 126 cm³/mol. The van der Waals surface area contributed by atoms with Gasteiger partial charge in [0.05, 0.1) is 24.3 Å². The first-order chi connectivity index (χ1) is 14.9. The van der Waals surface area contributed by atoms with Crippen LogP contribution in [-0.2, 0) is 9.53 Å². The number of rotatable bonds is 10. The Morgan fingerprint density at radius 1 is 1.06 bits per heavy atom. The minimum atomic E-state index is -0.175. The Labute approximate surface area is 186 Å². The molecule has 166 valence electrons. The van der Waals surface area contributed by atoms with Gasteiger partial charge in [0.2, 0.25) is 5.91 Å². The molecule has 1 amide bonds. The van der Waals surface area contributed by atoms with Crippen LogP contribution in [0.4, 0.5) is 5.69 Å². The highest BCUT2D eigenvalue weighted by molar-refractivity contribution is 5.98. The van der Waals surface area contributed by atoms with Crippen molar-refractivity contribution in [3.63, 3.8) is 0 Å². The van der Waals surface area contributed by atoms with Crippen molar-refractivity contribution < 1.29 is 14.3 Å². The topological polar surface area (TPSA) is 71.3 Å². The van der Waals surface area contributed by atoms with E-state index in [1.165, 1.54) is 11.6 Å². The largest absolute Gasteiger partial charge is 0.491 e. The molecular weight excluding hydrogens is 388 g/mol. The van der Waals surface area contributed by atoms with Crippen LogP contribution < -0.4 is 10.1 Å². The number of nitriles is 1. The molecule has 31 heavy (non-hydrogen) atoms. The van der Waals surface area contributed by atoms with Crippen LogP contribution in [0.5, 0.6) is 5.75 Å². The first-order valence-electron chi connectivity index (χ1n) is 10.7. The van der Waals surface area contributed by atoms with E-state index in [0.29, 0.717) is 24.7 Å². The summed E-state index contributed by atoms with van der Waals surface area (Å²) in [4.78, 5) is 11.0. The minimum absolute atomic E-state index is 0.175. The molecule has 0 spiro atoms. The maximum Gasteiger partial charge on any atom is 0.247 e. The quantitative estimate of drug-likeness (QED) is 0.372. The van der Waals surface area contributed by atoms with Gasteiger partial charge in [0.1, 0.15) is 12.4 Å². The number of amides is 1. The molecule has 0 heterocycles. The monoisotopic (exact) mass is 422 g/mol. The molecule has 2 rings (SSSR count). The zero-order valence-electron chi connectivity index (χ0n) is 19.1. The fraction of sp³-hybridized carbons (Fsp3) is 0.385. The van der Waals surface area contributed by atoms with Crippen molar-refractivity contribution in [3.05, 3.63) is 72.3 Å². The number of ether oxygens (including phenoxy) is 2. The van der Waals surface area contributed by atoms with Gasteiger partial charge in [-0.3, -0.25) is 4.79 Å². The molecule has 5 heteroatoms. The second-order valence-electron chi connectivity index (χ2n) is 7.20. The first kappa shape index (κ1) is 25.9. The average molecular weight is 423 g/mol. The molecule has 0 saturated heterocycles. The molecule has 0 aliphatic carbocycles. The summed E-state index contributed by atoms with van der Waals surface area (Å²) in [6.45, 7) is 13.0. The first-order valence-corrected chi connectivity index (χ1v) is 10.7. The fourth-order valence-electron chi connectivity index (χ4n) is 2.48. The van der Waals surface area contributed by atoms with Gasteiger partial charge in [-0.2, -0.15) is 5.26 Å². The Balaban J connectivity index is 0.000000311. The summed E-state index contributed by atoms with van der Waals surface area (Å²) in [5, 5.41) is 11.3. The van der Waals surface area contributed by atoms with Gasteiger partial charge in [-0.15, -0.1) is 0 Å². The van der Waals surface area contributed by atoms with Crippen LogP contribution in [0.3, 0.4) is 0 Å². The summed E-state index contributed by atoms with van der Waals surface area (Å²) in [7, 11) is 0. The molecule has 1 N–H and O–H groups in total. The predicted octanol–water partition coefficient (Wildman–Crippen LogP) is 6.08. The standard InChI is InChI=1S/C13H17NO2.C13H17NO/c1-3-11(2)15-8-9-16-13-6-4-12(10-14)5-7-13;1-4-10(3)11-6-8-12(9-7-11)14-13(15)5-2/h4-7,11H,3,8-9H2,1-2H3;5-10H,2,4H2,1,3H3,(H,14,15). The van der Waals surface area contributed by atoms with Gasteiger partial charge in [0.25, 0.3) is 0 Å². The van der Waals surface area contributed by atoms with Crippen molar-refractivity contribution >= 4 is 11.6 Å². The number of nitrogens with zero attached hydrogens (tertiary/aromatic N) is 1. The highest BCUT2D eigenvalue weighted by Crippen LogP contribution is 2.20. The maximum atomic E-state index is 11.0. The Hall–Kier alpha value is -3.10. The van der Waals surface area contributed by atoms with E-state index < -0.39 is 0 Å². The number of hydrogen-bond acceptors (Lipinski definition) is 4. The van der Waals surface area contributed by atoms with E-state index in [4.69, 9.17) is 14.7 Å². The third-order valence-electron chi connectivity index (χ3n) is 4.86. The molecular formula is C26H34N2O3. The van der Waals surface area contributed by atoms with Crippen LogP contribution in [0.25, 0.3) is 0 Å². The third-order valence-corrected chi connectivity index (χ3v) is 4.86. The number of carbonyl (C=O) groups is 1. The van der Waals surface area contributed by atoms with Gasteiger partial charge in [0, 0.05) is 5.69 Å². The molecule has 0 fully saturated rings. The van der Waals surface area contributed by atoms with E-state index >= 15 is 0 Å². The highest BCUT2D eigenvalue weighted by Gasteiger charge is 2.03. The van der Waals surface area contributed by atoms with Crippen molar-refractivity contribution in [2.24, 2.45) is 0 Å². The normalized spacial score (nSPS) is 11.8. The molecule has 0 radical (unpaired) electrons. The van der Waals surface area contributed by atoms with Crippen LogP contribution in [0.15, 0.2) is 61.2 Å². The maximum absolute atomic E-state index is 11.0. The van der Waals surface area contributed by atoms with Gasteiger partial charge in [-0.05, 0) is 73.7 Å². The number of nitrogens with one attached hydrogen (secondary N) is 1. The lowest BCUT2D eigenvalue weighted by molar-refractivity contribution is -0.111. The van der Waals surface area contributed by atoms with Crippen LogP contribution >= 0.6 is 0 Å². The third kappa shape index (κ3) is 10.5. The summed E-state index contributed by atoms with van der Waals surface area (Å²) < 4.78 is 10.9. The Morgan fingerprint density at radius 2 is 1.71 bits per heavy atom. The molecule has 2 aromatic rings. The van der Waals surface area contributed by atoms with Crippen LogP contribution in [0, 0.1) is 11.3 Å². The van der Waals surface area contributed by atoms with Crippen molar-refractivity contribution in [1.82, 2.24) is 0 Å². The Bertz CT molecular complexity index is 823. The van der Waals surface area contributed by atoms with E-state index in [1.807, 2.05) is 31.2 Å². The molecule has 0 aliphatic rings. The summed E-state index contributed by atoms with van der Waals surface area (Å²) in [5.74, 6) is 1.16. The zero-order valence-corrected chi connectivity index (χ0v) is 19.1.